The van der Waals surface area contributed by atoms with Crippen molar-refractivity contribution >= 4 is 5.91 Å². The van der Waals surface area contributed by atoms with Gasteiger partial charge in [0.1, 0.15) is 11.6 Å². The number of carbonyl (C=O) groups excluding carboxylic acids is 1. The van der Waals surface area contributed by atoms with Crippen molar-refractivity contribution in [3.05, 3.63) is 35.4 Å². The van der Waals surface area contributed by atoms with Crippen molar-refractivity contribution < 1.29 is 18.7 Å². The highest BCUT2D eigenvalue weighted by Gasteiger charge is 2.34. The van der Waals surface area contributed by atoms with E-state index in [4.69, 9.17) is 0 Å². The smallest absolute Gasteiger partial charge is 0.227 e. The SMILES string of the molecule is CC1CCN(C(=O)Cc2c(F)cccc2F)C1CO. The number of rotatable bonds is 3. The number of halogens is 2. The Kier molecular flexibility index (Phi) is 4.14. The summed E-state index contributed by atoms with van der Waals surface area (Å²) in [5.74, 6) is -1.55. The Labute approximate surface area is 110 Å². The fourth-order valence-electron chi connectivity index (χ4n) is 2.55. The maximum Gasteiger partial charge on any atom is 0.227 e. The van der Waals surface area contributed by atoms with E-state index in [9.17, 15) is 18.7 Å². The molecule has 1 aliphatic rings. The van der Waals surface area contributed by atoms with Crippen LogP contribution in [0.25, 0.3) is 0 Å². The van der Waals surface area contributed by atoms with Crippen LogP contribution in [0.1, 0.15) is 18.9 Å². The molecule has 0 aliphatic carbocycles. The van der Waals surface area contributed by atoms with Gasteiger partial charge < -0.3 is 10.0 Å². The number of benzene rings is 1. The quantitative estimate of drug-likeness (QED) is 0.908. The second-order valence-electron chi connectivity index (χ2n) is 4.98. The molecule has 3 nitrogen and oxygen atoms in total. The first kappa shape index (κ1) is 13.9. The first-order valence-corrected chi connectivity index (χ1v) is 6.37. The summed E-state index contributed by atoms with van der Waals surface area (Å²) in [6.45, 7) is 2.37. The zero-order chi connectivity index (χ0) is 14.0. The second-order valence-corrected chi connectivity index (χ2v) is 4.98. The van der Waals surface area contributed by atoms with E-state index in [1.54, 1.807) is 0 Å². The lowest BCUT2D eigenvalue weighted by atomic mass is 10.0. The van der Waals surface area contributed by atoms with Crippen molar-refractivity contribution in [2.45, 2.75) is 25.8 Å². The van der Waals surface area contributed by atoms with Gasteiger partial charge in [0.25, 0.3) is 0 Å². The highest BCUT2D eigenvalue weighted by molar-refractivity contribution is 5.79. The van der Waals surface area contributed by atoms with Gasteiger partial charge in [0.05, 0.1) is 19.1 Å². The first-order valence-electron chi connectivity index (χ1n) is 6.37. The summed E-state index contributed by atoms with van der Waals surface area (Å²) < 4.78 is 27.0. The van der Waals surface area contributed by atoms with Gasteiger partial charge in [-0.05, 0) is 24.5 Å². The Morgan fingerprint density at radius 3 is 2.63 bits per heavy atom. The molecule has 0 radical (unpaired) electrons. The van der Waals surface area contributed by atoms with Crippen molar-refractivity contribution in [2.75, 3.05) is 13.2 Å². The number of aliphatic hydroxyl groups is 1. The van der Waals surface area contributed by atoms with Gasteiger partial charge >= 0.3 is 0 Å². The maximum atomic E-state index is 13.5. The number of amides is 1. The van der Waals surface area contributed by atoms with Gasteiger partial charge in [0, 0.05) is 12.1 Å². The highest BCUT2D eigenvalue weighted by Crippen LogP contribution is 2.25. The van der Waals surface area contributed by atoms with Gasteiger partial charge in [-0.25, -0.2) is 8.78 Å². The standard InChI is InChI=1S/C14H17F2NO2/c1-9-5-6-17(13(9)8-18)14(19)7-10-11(15)3-2-4-12(10)16/h2-4,9,13,18H,5-8H2,1H3. The van der Waals surface area contributed by atoms with Crippen LogP contribution < -0.4 is 0 Å². The van der Waals surface area contributed by atoms with Crippen molar-refractivity contribution in [3.63, 3.8) is 0 Å². The Morgan fingerprint density at radius 1 is 1.42 bits per heavy atom. The molecule has 1 aromatic carbocycles. The van der Waals surface area contributed by atoms with Crippen LogP contribution in [0, 0.1) is 17.6 Å². The highest BCUT2D eigenvalue weighted by atomic mass is 19.1. The molecule has 2 unspecified atom stereocenters. The van der Waals surface area contributed by atoms with E-state index in [0.717, 1.165) is 18.6 Å². The van der Waals surface area contributed by atoms with Crippen LogP contribution in [0.15, 0.2) is 18.2 Å². The Morgan fingerprint density at radius 2 is 2.05 bits per heavy atom. The first-order chi connectivity index (χ1) is 9.04. The predicted molar refractivity (Wildman–Crippen MR) is 66.4 cm³/mol. The molecule has 1 N–H and O–H groups in total. The topological polar surface area (TPSA) is 40.5 Å². The summed E-state index contributed by atoms with van der Waals surface area (Å²) in [6, 6.07) is 3.30. The summed E-state index contributed by atoms with van der Waals surface area (Å²) >= 11 is 0. The molecular formula is C14H17F2NO2. The van der Waals surface area contributed by atoms with Crippen LogP contribution in [0.3, 0.4) is 0 Å². The zero-order valence-electron chi connectivity index (χ0n) is 10.8. The van der Waals surface area contributed by atoms with Crippen molar-refractivity contribution in [1.82, 2.24) is 4.90 Å². The van der Waals surface area contributed by atoms with E-state index in [1.165, 1.54) is 11.0 Å². The average Bonchev–Trinajstić information content (AvgIpc) is 2.75. The lowest BCUT2D eigenvalue weighted by molar-refractivity contribution is -0.132. The average molecular weight is 269 g/mol. The van der Waals surface area contributed by atoms with Gasteiger partial charge in [0.15, 0.2) is 0 Å². The van der Waals surface area contributed by atoms with Crippen LogP contribution in [0.2, 0.25) is 0 Å². The predicted octanol–water partition coefficient (Wildman–Crippen LogP) is 1.74. The Bertz CT molecular complexity index is 458. The lowest BCUT2D eigenvalue weighted by Gasteiger charge is -2.25. The monoisotopic (exact) mass is 269 g/mol. The number of hydrogen-bond acceptors (Lipinski definition) is 2. The molecule has 0 aromatic heterocycles. The minimum absolute atomic E-state index is 0.118. The van der Waals surface area contributed by atoms with Crippen LogP contribution in [0.4, 0.5) is 8.78 Å². The van der Waals surface area contributed by atoms with Gasteiger partial charge in [-0.15, -0.1) is 0 Å². The molecule has 0 spiro atoms. The van der Waals surface area contributed by atoms with Crippen LogP contribution in [-0.4, -0.2) is 35.1 Å². The van der Waals surface area contributed by atoms with Gasteiger partial charge in [-0.2, -0.15) is 0 Å². The third kappa shape index (κ3) is 2.76. The molecule has 19 heavy (non-hydrogen) atoms. The lowest BCUT2D eigenvalue weighted by Crippen LogP contribution is -2.40. The number of likely N-dealkylation sites (tertiary alicyclic amines) is 1. The molecule has 104 valence electrons. The van der Waals surface area contributed by atoms with E-state index in [-0.39, 0.29) is 36.5 Å². The van der Waals surface area contributed by atoms with E-state index >= 15 is 0 Å². The molecule has 1 aliphatic heterocycles. The summed E-state index contributed by atoms with van der Waals surface area (Å²) in [7, 11) is 0. The number of nitrogens with zero attached hydrogens (tertiary/aromatic N) is 1. The summed E-state index contributed by atoms with van der Waals surface area (Å²) in [6.07, 6.45) is 0.498. The largest absolute Gasteiger partial charge is 0.394 e. The third-order valence-corrected chi connectivity index (χ3v) is 3.78. The Hall–Kier alpha value is -1.49. The summed E-state index contributed by atoms with van der Waals surface area (Å²) in [5.41, 5.74) is -0.205. The molecule has 5 heteroatoms. The maximum absolute atomic E-state index is 13.5. The summed E-state index contributed by atoms with van der Waals surface area (Å²) in [5, 5.41) is 9.29. The fourth-order valence-corrected chi connectivity index (χ4v) is 2.55. The van der Waals surface area contributed by atoms with Gasteiger partial charge in [-0.1, -0.05) is 13.0 Å². The van der Waals surface area contributed by atoms with E-state index < -0.39 is 11.6 Å². The van der Waals surface area contributed by atoms with Crippen molar-refractivity contribution in [1.29, 1.82) is 0 Å². The molecular weight excluding hydrogens is 252 g/mol. The molecule has 0 bridgehead atoms. The third-order valence-electron chi connectivity index (χ3n) is 3.78. The van der Waals surface area contributed by atoms with E-state index in [2.05, 4.69) is 0 Å². The van der Waals surface area contributed by atoms with Crippen molar-refractivity contribution in [2.24, 2.45) is 5.92 Å². The number of carbonyl (C=O) groups is 1. The molecule has 2 atom stereocenters. The van der Waals surface area contributed by atoms with Crippen LogP contribution in [0.5, 0.6) is 0 Å². The molecule has 1 amide bonds. The molecule has 0 saturated carbocycles. The zero-order valence-corrected chi connectivity index (χ0v) is 10.8. The van der Waals surface area contributed by atoms with Gasteiger partial charge in [0.2, 0.25) is 5.91 Å². The van der Waals surface area contributed by atoms with Crippen LogP contribution in [-0.2, 0) is 11.2 Å². The van der Waals surface area contributed by atoms with E-state index in [0.29, 0.717) is 6.54 Å². The van der Waals surface area contributed by atoms with Crippen molar-refractivity contribution in [3.8, 4) is 0 Å². The minimum Gasteiger partial charge on any atom is -0.394 e. The van der Waals surface area contributed by atoms with Gasteiger partial charge in [-0.3, -0.25) is 4.79 Å². The second kappa shape index (κ2) is 5.65. The minimum atomic E-state index is -0.707. The molecule has 1 heterocycles. The molecule has 1 saturated heterocycles. The fraction of sp³-hybridized carbons (Fsp3) is 0.500. The number of hydrogen-bond donors (Lipinski definition) is 1. The van der Waals surface area contributed by atoms with Crippen LogP contribution >= 0.6 is 0 Å². The molecule has 1 fully saturated rings. The molecule has 1 aromatic rings. The molecule has 2 rings (SSSR count). The van der Waals surface area contributed by atoms with E-state index in [1.807, 2.05) is 6.92 Å². The number of aliphatic hydroxyl groups excluding tert-OH is 1. The Balaban J connectivity index is 2.13. The normalized spacial score (nSPS) is 22.8. The summed E-state index contributed by atoms with van der Waals surface area (Å²) in [4.78, 5) is 13.6.